The standard InChI is InChI=1S/C13H16FNO/c1-3-4-5-8-16-13-9-11(14)6-7-12(13)10(2)15/h6-7,9-10H,5,8,15H2,1-2H3. The lowest BCUT2D eigenvalue weighted by molar-refractivity contribution is 0.320. The third-order valence-electron chi connectivity index (χ3n) is 2.13. The summed E-state index contributed by atoms with van der Waals surface area (Å²) in [5, 5.41) is 0. The van der Waals surface area contributed by atoms with Crippen molar-refractivity contribution in [3.63, 3.8) is 0 Å². The molecular formula is C13H16FNO. The predicted molar refractivity (Wildman–Crippen MR) is 62.6 cm³/mol. The zero-order chi connectivity index (χ0) is 12.0. The van der Waals surface area contributed by atoms with Gasteiger partial charge in [-0.25, -0.2) is 4.39 Å². The van der Waals surface area contributed by atoms with E-state index in [1.54, 1.807) is 13.0 Å². The molecule has 0 aromatic heterocycles. The van der Waals surface area contributed by atoms with Crippen LogP contribution in [0, 0.1) is 17.7 Å². The molecule has 0 heterocycles. The third kappa shape index (κ3) is 3.56. The molecule has 1 aromatic carbocycles. The van der Waals surface area contributed by atoms with Gasteiger partial charge in [-0.3, -0.25) is 0 Å². The minimum absolute atomic E-state index is 0.173. The predicted octanol–water partition coefficient (Wildman–Crippen LogP) is 2.64. The van der Waals surface area contributed by atoms with Crippen molar-refractivity contribution in [2.75, 3.05) is 6.61 Å². The molecule has 0 amide bonds. The van der Waals surface area contributed by atoms with E-state index in [9.17, 15) is 4.39 Å². The molecule has 2 nitrogen and oxygen atoms in total. The van der Waals surface area contributed by atoms with Gasteiger partial charge < -0.3 is 10.5 Å². The monoisotopic (exact) mass is 221 g/mol. The van der Waals surface area contributed by atoms with Crippen molar-refractivity contribution in [1.29, 1.82) is 0 Å². The molecule has 1 atom stereocenters. The molecule has 86 valence electrons. The van der Waals surface area contributed by atoms with Crippen LogP contribution in [0.3, 0.4) is 0 Å². The number of benzene rings is 1. The number of halogens is 1. The van der Waals surface area contributed by atoms with Gasteiger partial charge in [0.25, 0.3) is 0 Å². The van der Waals surface area contributed by atoms with Crippen molar-refractivity contribution in [2.45, 2.75) is 26.3 Å². The fourth-order valence-corrected chi connectivity index (χ4v) is 1.35. The van der Waals surface area contributed by atoms with Gasteiger partial charge in [0.1, 0.15) is 11.6 Å². The minimum atomic E-state index is -0.319. The molecule has 0 bridgehead atoms. The molecule has 0 radical (unpaired) electrons. The van der Waals surface area contributed by atoms with Gasteiger partial charge in [-0.1, -0.05) is 6.07 Å². The molecule has 2 N–H and O–H groups in total. The molecule has 16 heavy (non-hydrogen) atoms. The van der Waals surface area contributed by atoms with E-state index in [2.05, 4.69) is 11.8 Å². The maximum absolute atomic E-state index is 13.0. The SMILES string of the molecule is CC#CCCOc1cc(F)ccc1C(C)N. The van der Waals surface area contributed by atoms with Crippen LogP contribution in [0.1, 0.15) is 31.9 Å². The van der Waals surface area contributed by atoms with Crippen LogP contribution in [0.5, 0.6) is 5.75 Å². The minimum Gasteiger partial charge on any atom is -0.492 e. The van der Waals surface area contributed by atoms with Crippen LogP contribution in [0.2, 0.25) is 0 Å². The Morgan fingerprint density at radius 2 is 2.25 bits per heavy atom. The Kier molecular flexibility index (Phi) is 4.81. The van der Waals surface area contributed by atoms with Crippen LogP contribution in [-0.4, -0.2) is 6.61 Å². The van der Waals surface area contributed by atoms with E-state index < -0.39 is 0 Å². The van der Waals surface area contributed by atoms with Crippen LogP contribution in [0.25, 0.3) is 0 Å². The lowest BCUT2D eigenvalue weighted by Crippen LogP contribution is -2.08. The van der Waals surface area contributed by atoms with Gasteiger partial charge in [0.05, 0.1) is 6.61 Å². The Labute approximate surface area is 95.6 Å². The molecule has 0 saturated heterocycles. The number of ether oxygens (including phenoxy) is 1. The smallest absolute Gasteiger partial charge is 0.127 e. The molecule has 0 fully saturated rings. The molecule has 0 aliphatic carbocycles. The van der Waals surface area contributed by atoms with E-state index in [1.165, 1.54) is 12.1 Å². The largest absolute Gasteiger partial charge is 0.492 e. The average Bonchev–Trinajstić information content (AvgIpc) is 2.24. The lowest BCUT2D eigenvalue weighted by atomic mass is 10.1. The second-order valence-electron chi connectivity index (χ2n) is 3.50. The van der Waals surface area contributed by atoms with Crippen molar-refractivity contribution in [3.05, 3.63) is 29.6 Å². The van der Waals surface area contributed by atoms with Crippen molar-refractivity contribution < 1.29 is 9.13 Å². The highest BCUT2D eigenvalue weighted by Gasteiger charge is 2.08. The van der Waals surface area contributed by atoms with E-state index in [0.717, 1.165) is 5.56 Å². The summed E-state index contributed by atoms with van der Waals surface area (Å²) in [5.74, 6) is 5.84. The number of rotatable bonds is 4. The van der Waals surface area contributed by atoms with Crippen LogP contribution >= 0.6 is 0 Å². The van der Waals surface area contributed by atoms with Gasteiger partial charge in [0.15, 0.2) is 0 Å². The van der Waals surface area contributed by atoms with Crippen molar-refractivity contribution >= 4 is 0 Å². The first-order valence-corrected chi connectivity index (χ1v) is 5.22. The van der Waals surface area contributed by atoms with Gasteiger partial charge in [-0.15, -0.1) is 11.8 Å². The zero-order valence-corrected chi connectivity index (χ0v) is 9.59. The van der Waals surface area contributed by atoms with E-state index in [0.29, 0.717) is 18.8 Å². The van der Waals surface area contributed by atoms with Gasteiger partial charge in [0.2, 0.25) is 0 Å². The highest BCUT2D eigenvalue weighted by atomic mass is 19.1. The second-order valence-corrected chi connectivity index (χ2v) is 3.50. The van der Waals surface area contributed by atoms with Crippen LogP contribution in [0.4, 0.5) is 4.39 Å². The quantitative estimate of drug-likeness (QED) is 0.626. The molecule has 1 unspecified atom stereocenters. The van der Waals surface area contributed by atoms with Crippen LogP contribution in [-0.2, 0) is 0 Å². The summed E-state index contributed by atoms with van der Waals surface area (Å²) in [7, 11) is 0. The Morgan fingerprint density at radius 1 is 1.50 bits per heavy atom. The first-order chi connectivity index (χ1) is 7.65. The molecule has 1 rings (SSSR count). The van der Waals surface area contributed by atoms with Gasteiger partial charge in [-0.2, -0.15) is 0 Å². The maximum Gasteiger partial charge on any atom is 0.127 e. The van der Waals surface area contributed by atoms with E-state index >= 15 is 0 Å². The Hall–Kier alpha value is -1.53. The second kappa shape index (κ2) is 6.14. The summed E-state index contributed by atoms with van der Waals surface area (Å²) in [6, 6.07) is 4.23. The fourth-order valence-electron chi connectivity index (χ4n) is 1.35. The van der Waals surface area contributed by atoms with E-state index in [-0.39, 0.29) is 11.9 Å². The highest BCUT2D eigenvalue weighted by Crippen LogP contribution is 2.24. The number of hydrogen-bond acceptors (Lipinski definition) is 2. The lowest BCUT2D eigenvalue weighted by Gasteiger charge is -2.13. The molecular weight excluding hydrogens is 205 g/mol. The summed E-state index contributed by atoms with van der Waals surface area (Å²) in [4.78, 5) is 0. The first kappa shape index (κ1) is 12.5. The maximum atomic E-state index is 13.0. The molecule has 0 saturated carbocycles. The Balaban J connectivity index is 2.74. The van der Waals surface area contributed by atoms with Crippen molar-refractivity contribution in [1.82, 2.24) is 0 Å². The van der Waals surface area contributed by atoms with Crippen molar-refractivity contribution in [2.24, 2.45) is 5.73 Å². The van der Waals surface area contributed by atoms with Gasteiger partial charge in [-0.05, 0) is 19.9 Å². The molecule has 0 aliphatic heterocycles. The van der Waals surface area contributed by atoms with E-state index in [1.807, 2.05) is 6.92 Å². The topological polar surface area (TPSA) is 35.2 Å². The fraction of sp³-hybridized carbons (Fsp3) is 0.385. The zero-order valence-electron chi connectivity index (χ0n) is 9.59. The first-order valence-electron chi connectivity index (χ1n) is 5.22. The van der Waals surface area contributed by atoms with Gasteiger partial charge in [0, 0.05) is 24.1 Å². The molecule has 0 aliphatic rings. The highest BCUT2D eigenvalue weighted by molar-refractivity contribution is 5.36. The van der Waals surface area contributed by atoms with Crippen LogP contribution < -0.4 is 10.5 Å². The van der Waals surface area contributed by atoms with Crippen LogP contribution in [0.15, 0.2) is 18.2 Å². The molecule has 0 spiro atoms. The molecule has 3 heteroatoms. The summed E-state index contributed by atoms with van der Waals surface area (Å²) in [5.41, 5.74) is 6.58. The third-order valence-corrected chi connectivity index (χ3v) is 2.13. The molecule has 1 aromatic rings. The van der Waals surface area contributed by atoms with E-state index in [4.69, 9.17) is 10.5 Å². The number of hydrogen-bond donors (Lipinski definition) is 1. The summed E-state index contributed by atoms with van der Waals surface area (Å²) >= 11 is 0. The van der Waals surface area contributed by atoms with Crippen molar-refractivity contribution in [3.8, 4) is 17.6 Å². The Bertz CT molecular complexity index is 404. The van der Waals surface area contributed by atoms with Gasteiger partial charge >= 0.3 is 0 Å². The summed E-state index contributed by atoms with van der Waals surface area (Å²) < 4.78 is 18.5. The Morgan fingerprint density at radius 3 is 2.88 bits per heavy atom. The average molecular weight is 221 g/mol. The summed E-state index contributed by atoms with van der Waals surface area (Å²) in [6.45, 7) is 4.06. The normalized spacial score (nSPS) is 11.5. The summed E-state index contributed by atoms with van der Waals surface area (Å²) in [6.07, 6.45) is 0.630. The number of nitrogens with two attached hydrogens (primary N) is 1.